The van der Waals surface area contributed by atoms with Crippen LogP contribution >= 0.6 is 11.3 Å². The van der Waals surface area contributed by atoms with Crippen LogP contribution in [0.15, 0.2) is 66.9 Å². The van der Waals surface area contributed by atoms with Crippen LogP contribution in [-0.2, 0) is 11.3 Å². The fraction of sp³-hybridized carbons (Fsp3) is 0. The first-order valence-electron chi connectivity index (χ1n) is 6.23. The lowest BCUT2D eigenvalue weighted by molar-refractivity contribution is 0.565. The minimum Gasteiger partial charge on any atom is -0.289 e. The van der Waals surface area contributed by atoms with Crippen LogP contribution in [-0.4, -0.2) is 13.7 Å². The topological polar surface area (TPSA) is 53.4 Å². The molecule has 2 aromatic heterocycles. The molecule has 0 saturated heterocycles. The second-order valence-electron chi connectivity index (χ2n) is 4.21. The fourth-order valence-corrected chi connectivity index (χ4v) is 3.67. The van der Waals surface area contributed by atoms with Gasteiger partial charge in [-0.15, -0.1) is 11.3 Å². The lowest BCUT2D eigenvalue weighted by Crippen LogP contribution is -2.17. The zero-order valence-corrected chi connectivity index (χ0v) is 12.6. The zero-order chi connectivity index (χ0) is 14.7. The predicted octanol–water partition coefficient (Wildman–Crippen LogP) is 4.08. The van der Waals surface area contributed by atoms with Crippen molar-refractivity contribution in [2.45, 2.75) is 0 Å². The SMILES string of the molecule is O=S(O)N(c1ccccc1)c1ccc(-c2ccccn2)s1. The third-order valence-electron chi connectivity index (χ3n) is 2.86. The second-order valence-corrected chi connectivity index (χ2v) is 6.10. The number of para-hydroxylation sites is 1. The molecular weight excluding hydrogens is 304 g/mol. The number of hydrogen-bond donors (Lipinski definition) is 1. The maximum absolute atomic E-state index is 11.7. The van der Waals surface area contributed by atoms with Crippen LogP contribution in [0.5, 0.6) is 0 Å². The Labute approximate surface area is 129 Å². The standard InChI is InChI=1S/C15H12N2O2S2/c18-21(19)17(12-6-2-1-3-7-12)15-10-9-14(20-15)13-8-4-5-11-16-13/h1-11H,(H,18,19). The Morgan fingerprint density at radius 2 is 1.76 bits per heavy atom. The molecule has 0 fully saturated rings. The molecule has 0 radical (unpaired) electrons. The minimum atomic E-state index is -2.13. The van der Waals surface area contributed by atoms with Gasteiger partial charge in [0.2, 0.25) is 0 Å². The number of pyridine rings is 1. The van der Waals surface area contributed by atoms with Crippen LogP contribution in [0, 0.1) is 0 Å². The van der Waals surface area contributed by atoms with Crippen LogP contribution in [0.2, 0.25) is 0 Å². The van der Waals surface area contributed by atoms with Gasteiger partial charge in [-0.2, -0.15) is 0 Å². The molecule has 6 heteroatoms. The number of thiophene rings is 1. The molecule has 0 aliphatic rings. The van der Waals surface area contributed by atoms with E-state index in [-0.39, 0.29) is 0 Å². The van der Waals surface area contributed by atoms with Crippen molar-refractivity contribution >= 4 is 33.3 Å². The molecule has 106 valence electrons. The maximum Gasteiger partial charge on any atom is 0.267 e. The second kappa shape index (κ2) is 6.17. The van der Waals surface area contributed by atoms with Crippen molar-refractivity contribution in [2.24, 2.45) is 0 Å². The van der Waals surface area contributed by atoms with Crippen molar-refractivity contribution in [1.29, 1.82) is 0 Å². The van der Waals surface area contributed by atoms with Gasteiger partial charge >= 0.3 is 0 Å². The van der Waals surface area contributed by atoms with Gasteiger partial charge in [-0.05, 0) is 36.4 Å². The van der Waals surface area contributed by atoms with E-state index in [0.29, 0.717) is 10.7 Å². The Bertz CT molecular complexity index is 745. The number of nitrogens with zero attached hydrogens (tertiary/aromatic N) is 2. The zero-order valence-electron chi connectivity index (χ0n) is 10.9. The van der Waals surface area contributed by atoms with E-state index in [2.05, 4.69) is 4.98 Å². The molecule has 0 aliphatic carbocycles. The normalized spacial score (nSPS) is 12.0. The van der Waals surface area contributed by atoms with Crippen molar-refractivity contribution in [3.8, 4) is 10.6 Å². The van der Waals surface area contributed by atoms with E-state index in [1.807, 2.05) is 48.5 Å². The van der Waals surface area contributed by atoms with Gasteiger partial charge in [0.15, 0.2) is 0 Å². The van der Waals surface area contributed by atoms with E-state index >= 15 is 0 Å². The summed E-state index contributed by atoms with van der Waals surface area (Å²) in [5.41, 5.74) is 1.53. The summed E-state index contributed by atoms with van der Waals surface area (Å²) in [6.45, 7) is 0. The van der Waals surface area contributed by atoms with Crippen LogP contribution in [0.1, 0.15) is 0 Å². The Morgan fingerprint density at radius 3 is 2.43 bits per heavy atom. The number of anilines is 2. The first kappa shape index (κ1) is 13.9. The maximum atomic E-state index is 11.7. The van der Waals surface area contributed by atoms with Crippen molar-refractivity contribution < 1.29 is 8.76 Å². The first-order valence-corrected chi connectivity index (χ1v) is 8.11. The Kier molecular flexibility index (Phi) is 4.10. The molecule has 0 aliphatic heterocycles. The van der Waals surface area contributed by atoms with Gasteiger partial charge in [0.25, 0.3) is 11.3 Å². The quantitative estimate of drug-likeness (QED) is 0.738. The summed E-state index contributed by atoms with van der Waals surface area (Å²) >= 11 is -0.697. The highest BCUT2D eigenvalue weighted by atomic mass is 32.2. The van der Waals surface area contributed by atoms with Crippen LogP contribution in [0.4, 0.5) is 10.7 Å². The lowest BCUT2D eigenvalue weighted by atomic mass is 10.3. The van der Waals surface area contributed by atoms with Crippen molar-refractivity contribution in [2.75, 3.05) is 4.31 Å². The van der Waals surface area contributed by atoms with Crippen molar-refractivity contribution in [1.82, 2.24) is 4.98 Å². The lowest BCUT2D eigenvalue weighted by Gasteiger charge is -2.17. The summed E-state index contributed by atoms with van der Waals surface area (Å²) in [6, 6.07) is 18.6. The highest BCUT2D eigenvalue weighted by Crippen LogP contribution is 2.36. The third-order valence-corrected chi connectivity index (χ3v) is 4.78. The Morgan fingerprint density at radius 1 is 1.00 bits per heavy atom. The van der Waals surface area contributed by atoms with Crippen LogP contribution in [0.3, 0.4) is 0 Å². The van der Waals surface area contributed by atoms with Crippen LogP contribution < -0.4 is 4.31 Å². The van der Waals surface area contributed by atoms with Gasteiger partial charge in [-0.1, -0.05) is 24.3 Å². The van der Waals surface area contributed by atoms with Crippen molar-refractivity contribution in [3.05, 3.63) is 66.9 Å². The van der Waals surface area contributed by atoms with E-state index < -0.39 is 11.3 Å². The minimum absolute atomic E-state index is 0.674. The summed E-state index contributed by atoms with van der Waals surface area (Å²) in [5, 5.41) is 0.697. The first-order chi connectivity index (χ1) is 10.3. The molecule has 21 heavy (non-hydrogen) atoms. The summed E-state index contributed by atoms with van der Waals surface area (Å²) in [4.78, 5) is 5.25. The van der Waals surface area contributed by atoms with E-state index in [4.69, 9.17) is 0 Å². The largest absolute Gasteiger partial charge is 0.289 e. The number of benzene rings is 1. The molecular formula is C15H12N2O2S2. The Hall–Kier alpha value is -2.02. The average Bonchev–Trinajstić information content (AvgIpc) is 2.98. The molecule has 0 saturated carbocycles. The fourth-order valence-electron chi connectivity index (χ4n) is 1.94. The van der Waals surface area contributed by atoms with E-state index in [0.717, 1.165) is 10.6 Å². The van der Waals surface area contributed by atoms with Gasteiger partial charge in [0.1, 0.15) is 5.00 Å². The molecule has 0 bridgehead atoms. The Balaban J connectivity index is 1.99. The van der Waals surface area contributed by atoms with Crippen LogP contribution in [0.25, 0.3) is 10.6 Å². The van der Waals surface area contributed by atoms with E-state index in [1.165, 1.54) is 15.6 Å². The monoisotopic (exact) mass is 316 g/mol. The molecule has 0 amide bonds. The van der Waals surface area contributed by atoms with Gasteiger partial charge in [-0.25, -0.2) is 8.51 Å². The summed E-state index contributed by atoms with van der Waals surface area (Å²) < 4.78 is 22.6. The van der Waals surface area contributed by atoms with Gasteiger partial charge < -0.3 is 0 Å². The molecule has 0 spiro atoms. The smallest absolute Gasteiger partial charge is 0.267 e. The average molecular weight is 316 g/mol. The highest BCUT2D eigenvalue weighted by Gasteiger charge is 2.17. The number of rotatable bonds is 4. The molecule has 1 aromatic carbocycles. The molecule has 1 atom stereocenters. The molecule has 4 nitrogen and oxygen atoms in total. The summed E-state index contributed by atoms with van der Waals surface area (Å²) in [6.07, 6.45) is 1.73. The number of hydrogen-bond acceptors (Lipinski definition) is 3. The number of aromatic nitrogens is 1. The molecule has 3 aromatic rings. The molecule has 3 rings (SSSR count). The third kappa shape index (κ3) is 3.02. The highest BCUT2D eigenvalue weighted by molar-refractivity contribution is 7.81. The summed E-state index contributed by atoms with van der Waals surface area (Å²) in [5.74, 6) is 0. The molecule has 1 N–H and O–H groups in total. The van der Waals surface area contributed by atoms with Crippen molar-refractivity contribution in [3.63, 3.8) is 0 Å². The molecule has 2 heterocycles. The molecule has 1 unspecified atom stereocenters. The van der Waals surface area contributed by atoms with Gasteiger partial charge in [0.05, 0.1) is 16.3 Å². The summed E-state index contributed by atoms with van der Waals surface area (Å²) in [7, 11) is 0. The predicted molar refractivity (Wildman–Crippen MR) is 86.9 cm³/mol. The van der Waals surface area contributed by atoms with Gasteiger partial charge in [0, 0.05) is 6.20 Å². The van der Waals surface area contributed by atoms with E-state index in [1.54, 1.807) is 18.3 Å². The van der Waals surface area contributed by atoms with Gasteiger partial charge in [-0.3, -0.25) is 9.54 Å². The van der Waals surface area contributed by atoms with E-state index in [9.17, 15) is 8.76 Å².